The molecule has 0 aromatic carbocycles. The number of thiophene rings is 1. The Hall–Kier alpha value is -2.41. The van der Waals surface area contributed by atoms with Gasteiger partial charge in [0.05, 0.1) is 18.5 Å². The Morgan fingerprint density at radius 1 is 1.39 bits per heavy atom. The van der Waals surface area contributed by atoms with Crippen LogP contribution in [0.5, 0.6) is 0 Å². The molecular formula is C16H17N3O3S. The first-order valence-electron chi connectivity index (χ1n) is 7.31. The minimum atomic E-state index is -0.421. The van der Waals surface area contributed by atoms with Gasteiger partial charge in [-0.2, -0.15) is 4.98 Å². The Morgan fingerprint density at radius 2 is 2.22 bits per heavy atom. The summed E-state index contributed by atoms with van der Waals surface area (Å²) in [5, 5.41) is 5.86. The highest BCUT2D eigenvalue weighted by molar-refractivity contribution is 7.09. The molecule has 120 valence electrons. The first-order chi connectivity index (χ1) is 11.1. The third-order valence-electron chi connectivity index (χ3n) is 3.33. The molecule has 3 aromatic rings. The molecule has 0 bridgehead atoms. The van der Waals surface area contributed by atoms with Gasteiger partial charge in [0, 0.05) is 4.88 Å². The third-order valence-corrected chi connectivity index (χ3v) is 4.21. The molecule has 0 amide bonds. The van der Waals surface area contributed by atoms with Gasteiger partial charge < -0.3 is 14.5 Å². The summed E-state index contributed by atoms with van der Waals surface area (Å²) in [6.45, 7) is 6.21. The van der Waals surface area contributed by atoms with Crippen molar-refractivity contribution in [2.75, 3.05) is 11.9 Å². The molecule has 0 aliphatic carbocycles. The standard InChI is InChI=1S/C16H17N3O3S/c1-4-21-16(20)12-9(2)22-15-13(12)14(18-10(3)19-15)17-8-11-6-5-7-23-11/h5-7H,4,8H2,1-3H3,(H,17,18,19). The van der Waals surface area contributed by atoms with Crippen LogP contribution in [0, 0.1) is 13.8 Å². The minimum Gasteiger partial charge on any atom is -0.462 e. The number of hydrogen-bond acceptors (Lipinski definition) is 7. The van der Waals surface area contributed by atoms with E-state index in [0.717, 1.165) is 0 Å². The van der Waals surface area contributed by atoms with E-state index in [1.54, 1.807) is 32.1 Å². The number of nitrogens with one attached hydrogen (secondary N) is 1. The van der Waals surface area contributed by atoms with Gasteiger partial charge in [0.1, 0.15) is 23.0 Å². The number of anilines is 1. The fraction of sp³-hybridized carbons (Fsp3) is 0.312. The van der Waals surface area contributed by atoms with Crippen molar-refractivity contribution in [2.45, 2.75) is 27.3 Å². The number of aryl methyl sites for hydroxylation is 2. The van der Waals surface area contributed by atoms with E-state index in [1.165, 1.54) is 4.88 Å². The Morgan fingerprint density at radius 3 is 2.91 bits per heavy atom. The number of hydrogen-bond donors (Lipinski definition) is 1. The average Bonchev–Trinajstić information content (AvgIpc) is 3.11. The van der Waals surface area contributed by atoms with Crippen molar-refractivity contribution in [2.24, 2.45) is 0 Å². The number of furan rings is 1. The van der Waals surface area contributed by atoms with Crippen LogP contribution in [-0.2, 0) is 11.3 Å². The average molecular weight is 331 g/mol. The number of carbonyl (C=O) groups is 1. The van der Waals surface area contributed by atoms with Crippen LogP contribution in [0.3, 0.4) is 0 Å². The quantitative estimate of drug-likeness (QED) is 0.719. The van der Waals surface area contributed by atoms with Crippen molar-refractivity contribution in [1.82, 2.24) is 9.97 Å². The highest BCUT2D eigenvalue weighted by Crippen LogP contribution is 2.30. The molecule has 0 atom stereocenters. The molecule has 0 radical (unpaired) electrons. The SMILES string of the molecule is CCOC(=O)c1c(C)oc2nc(C)nc(NCc3cccs3)c12. The summed E-state index contributed by atoms with van der Waals surface area (Å²) in [5.74, 6) is 1.23. The van der Waals surface area contributed by atoms with Gasteiger partial charge in [0.2, 0.25) is 5.71 Å². The molecule has 1 N–H and O–H groups in total. The summed E-state index contributed by atoms with van der Waals surface area (Å²) in [6, 6.07) is 4.03. The molecule has 0 saturated carbocycles. The number of carbonyl (C=O) groups excluding carboxylic acids is 1. The Balaban J connectivity index is 2.06. The van der Waals surface area contributed by atoms with E-state index in [4.69, 9.17) is 9.15 Å². The maximum atomic E-state index is 12.2. The summed E-state index contributed by atoms with van der Waals surface area (Å²) in [4.78, 5) is 22.1. The van der Waals surface area contributed by atoms with Crippen LogP contribution < -0.4 is 5.32 Å². The molecule has 3 rings (SSSR count). The van der Waals surface area contributed by atoms with Crippen LogP contribution in [0.25, 0.3) is 11.1 Å². The fourth-order valence-corrected chi connectivity index (χ4v) is 3.02. The van der Waals surface area contributed by atoms with E-state index in [0.29, 0.717) is 47.2 Å². The normalized spacial score (nSPS) is 10.9. The maximum absolute atomic E-state index is 12.2. The zero-order valence-electron chi connectivity index (χ0n) is 13.2. The van der Waals surface area contributed by atoms with Crippen LogP contribution in [0.1, 0.15) is 33.7 Å². The van der Waals surface area contributed by atoms with Crippen molar-refractivity contribution in [3.63, 3.8) is 0 Å². The van der Waals surface area contributed by atoms with Crippen LogP contribution in [0.15, 0.2) is 21.9 Å². The zero-order valence-corrected chi connectivity index (χ0v) is 14.0. The van der Waals surface area contributed by atoms with E-state index >= 15 is 0 Å². The van der Waals surface area contributed by atoms with Gasteiger partial charge in [-0.25, -0.2) is 9.78 Å². The molecule has 0 aliphatic rings. The Kier molecular flexibility index (Phi) is 4.29. The second kappa shape index (κ2) is 6.37. The Labute approximate surface area is 137 Å². The molecule has 3 aromatic heterocycles. The summed E-state index contributed by atoms with van der Waals surface area (Å²) < 4.78 is 10.8. The van der Waals surface area contributed by atoms with Crippen molar-refractivity contribution < 1.29 is 13.9 Å². The monoisotopic (exact) mass is 331 g/mol. The van der Waals surface area contributed by atoms with Crippen molar-refractivity contribution in [3.05, 3.63) is 39.5 Å². The van der Waals surface area contributed by atoms with Gasteiger partial charge in [-0.1, -0.05) is 6.07 Å². The Bertz CT molecular complexity index is 840. The summed E-state index contributed by atoms with van der Waals surface area (Å²) in [6.07, 6.45) is 0. The van der Waals surface area contributed by atoms with Gasteiger partial charge in [-0.15, -0.1) is 11.3 Å². The van der Waals surface area contributed by atoms with Crippen molar-refractivity contribution in [3.8, 4) is 0 Å². The first-order valence-corrected chi connectivity index (χ1v) is 8.19. The van der Waals surface area contributed by atoms with Gasteiger partial charge in [0.15, 0.2) is 0 Å². The van der Waals surface area contributed by atoms with Crippen LogP contribution >= 0.6 is 11.3 Å². The summed E-state index contributed by atoms with van der Waals surface area (Å²) in [5.41, 5.74) is 0.780. The topological polar surface area (TPSA) is 77.2 Å². The number of rotatable bonds is 5. The van der Waals surface area contributed by atoms with E-state index in [2.05, 4.69) is 15.3 Å². The lowest BCUT2D eigenvalue weighted by Crippen LogP contribution is -2.08. The molecule has 3 heterocycles. The molecule has 7 heteroatoms. The lowest BCUT2D eigenvalue weighted by molar-refractivity contribution is 0.0526. The number of ether oxygens (including phenoxy) is 1. The summed E-state index contributed by atoms with van der Waals surface area (Å²) >= 11 is 1.65. The maximum Gasteiger partial charge on any atom is 0.342 e. The van der Waals surface area contributed by atoms with E-state index in [1.807, 2.05) is 17.5 Å². The van der Waals surface area contributed by atoms with Gasteiger partial charge in [-0.3, -0.25) is 0 Å². The van der Waals surface area contributed by atoms with Crippen molar-refractivity contribution >= 4 is 34.2 Å². The van der Waals surface area contributed by atoms with Crippen molar-refractivity contribution in [1.29, 1.82) is 0 Å². The smallest absolute Gasteiger partial charge is 0.342 e. The van der Waals surface area contributed by atoms with Crippen LogP contribution in [0.2, 0.25) is 0 Å². The fourth-order valence-electron chi connectivity index (χ4n) is 2.38. The van der Waals surface area contributed by atoms with E-state index in [-0.39, 0.29) is 0 Å². The van der Waals surface area contributed by atoms with E-state index < -0.39 is 5.97 Å². The second-order valence-corrected chi connectivity index (χ2v) is 6.02. The van der Waals surface area contributed by atoms with E-state index in [9.17, 15) is 4.79 Å². The molecule has 0 aliphatic heterocycles. The minimum absolute atomic E-state index is 0.301. The molecular weight excluding hydrogens is 314 g/mol. The lowest BCUT2D eigenvalue weighted by atomic mass is 10.2. The molecule has 0 spiro atoms. The van der Waals surface area contributed by atoms with Crippen LogP contribution in [-0.4, -0.2) is 22.5 Å². The number of fused-ring (bicyclic) bond motifs is 1. The zero-order chi connectivity index (χ0) is 16.4. The molecule has 6 nitrogen and oxygen atoms in total. The first kappa shape index (κ1) is 15.5. The van der Waals surface area contributed by atoms with Gasteiger partial charge >= 0.3 is 5.97 Å². The number of aromatic nitrogens is 2. The largest absolute Gasteiger partial charge is 0.462 e. The molecule has 23 heavy (non-hydrogen) atoms. The van der Waals surface area contributed by atoms with Crippen LogP contribution in [0.4, 0.5) is 5.82 Å². The molecule has 0 unspecified atom stereocenters. The highest BCUT2D eigenvalue weighted by atomic mass is 32.1. The molecule has 0 fully saturated rings. The van der Waals surface area contributed by atoms with Gasteiger partial charge in [-0.05, 0) is 32.2 Å². The lowest BCUT2D eigenvalue weighted by Gasteiger charge is -2.07. The number of esters is 1. The second-order valence-electron chi connectivity index (χ2n) is 4.99. The number of nitrogens with zero attached hydrogens (tertiary/aromatic N) is 2. The molecule has 0 saturated heterocycles. The predicted molar refractivity (Wildman–Crippen MR) is 88.9 cm³/mol. The summed E-state index contributed by atoms with van der Waals surface area (Å²) in [7, 11) is 0. The highest BCUT2D eigenvalue weighted by Gasteiger charge is 2.24. The van der Waals surface area contributed by atoms with Gasteiger partial charge in [0.25, 0.3) is 0 Å². The predicted octanol–water partition coefficient (Wildman–Crippen LogP) is 3.69. The third kappa shape index (κ3) is 3.05.